The van der Waals surface area contributed by atoms with Crippen molar-refractivity contribution >= 4 is 17.2 Å². The summed E-state index contributed by atoms with van der Waals surface area (Å²) in [4.78, 5) is 22.1. The van der Waals surface area contributed by atoms with Gasteiger partial charge < -0.3 is 10.1 Å². The minimum absolute atomic E-state index is 0.0599. The molecule has 3 aromatic rings. The summed E-state index contributed by atoms with van der Waals surface area (Å²) >= 11 is 0. The highest BCUT2D eigenvalue weighted by Gasteiger charge is 2.06. The van der Waals surface area contributed by atoms with E-state index in [2.05, 4.69) is 20.3 Å². The third kappa shape index (κ3) is 3.76. The van der Waals surface area contributed by atoms with Gasteiger partial charge in [-0.15, -0.1) is 0 Å². The lowest BCUT2D eigenvalue weighted by atomic mass is 10.3. The lowest BCUT2D eigenvalue weighted by molar-refractivity contribution is -0.385. The van der Waals surface area contributed by atoms with Crippen LogP contribution in [0, 0.1) is 10.1 Å². The Kier molecular flexibility index (Phi) is 4.05. The summed E-state index contributed by atoms with van der Waals surface area (Å²) in [6, 6.07) is 10.1. The summed E-state index contributed by atoms with van der Waals surface area (Å²) in [5.74, 6) is 1.46. The van der Waals surface area contributed by atoms with Gasteiger partial charge in [0.15, 0.2) is 0 Å². The molecule has 0 aliphatic heterocycles. The van der Waals surface area contributed by atoms with E-state index in [1.807, 2.05) is 6.07 Å². The van der Waals surface area contributed by atoms with Gasteiger partial charge in [0, 0.05) is 30.2 Å². The summed E-state index contributed by atoms with van der Waals surface area (Å²) < 4.78 is 5.58. The van der Waals surface area contributed by atoms with Crippen molar-refractivity contribution in [3.8, 4) is 11.6 Å². The summed E-state index contributed by atoms with van der Waals surface area (Å²) in [7, 11) is 0. The molecule has 114 valence electrons. The summed E-state index contributed by atoms with van der Waals surface area (Å²) in [5, 5.41) is 13.7. The van der Waals surface area contributed by atoms with Crippen LogP contribution >= 0.6 is 0 Å². The average Bonchev–Trinajstić information content (AvgIpc) is 2.57. The van der Waals surface area contributed by atoms with E-state index in [0.29, 0.717) is 17.4 Å². The molecule has 0 amide bonds. The Morgan fingerprint density at radius 1 is 1.09 bits per heavy atom. The van der Waals surface area contributed by atoms with E-state index >= 15 is 0 Å². The average molecular weight is 309 g/mol. The molecule has 0 bridgehead atoms. The second-order valence-corrected chi connectivity index (χ2v) is 4.46. The van der Waals surface area contributed by atoms with Gasteiger partial charge in [0.2, 0.25) is 5.88 Å². The number of pyridine rings is 1. The van der Waals surface area contributed by atoms with Crippen LogP contribution in [0.2, 0.25) is 0 Å². The molecular formula is C15H11N5O3. The van der Waals surface area contributed by atoms with Crippen LogP contribution < -0.4 is 10.1 Å². The molecule has 1 aromatic carbocycles. The van der Waals surface area contributed by atoms with Crippen LogP contribution in [0.15, 0.2) is 61.2 Å². The van der Waals surface area contributed by atoms with Crippen LogP contribution in [0.4, 0.5) is 17.2 Å². The Balaban J connectivity index is 1.73. The van der Waals surface area contributed by atoms with Gasteiger partial charge in [0.25, 0.3) is 5.69 Å². The lowest BCUT2D eigenvalue weighted by Crippen LogP contribution is -1.95. The molecule has 8 heteroatoms. The maximum Gasteiger partial charge on any atom is 0.287 e. The van der Waals surface area contributed by atoms with Crippen molar-refractivity contribution < 1.29 is 9.66 Å². The first kappa shape index (κ1) is 14.4. The number of nitrogens with zero attached hydrogens (tertiary/aromatic N) is 4. The van der Waals surface area contributed by atoms with E-state index in [1.165, 1.54) is 30.7 Å². The smallest absolute Gasteiger partial charge is 0.287 e. The van der Waals surface area contributed by atoms with Crippen LogP contribution in [0.1, 0.15) is 0 Å². The van der Waals surface area contributed by atoms with Crippen LogP contribution in [-0.4, -0.2) is 19.9 Å². The minimum Gasteiger partial charge on any atom is -0.437 e. The molecule has 2 aromatic heterocycles. The quantitative estimate of drug-likeness (QED) is 0.569. The number of nitrogens with one attached hydrogen (secondary N) is 1. The van der Waals surface area contributed by atoms with Gasteiger partial charge in [0.1, 0.15) is 17.8 Å². The fourth-order valence-electron chi connectivity index (χ4n) is 1.81. The van der Waals surface area contributed by atoms with Gasteiger partial charge in [-0.25, -0.2) is 9.97 Å². The minimum atomic E-state index is -0.494. The van der Waals surface area contributed by atoms with Crippen molar-refractivity contribution in [3.63, 3.8) is 0 Å². The van der Waals surface area contributed by atoms with Gasteiger partial charge >= 0.3 is 0 Å². The monoisotopic (exact) mass is 309 g/mol. The number of hydrogen-bond acceptors (Lipinski definition) is 7. The van der Waals surface area contributed by atoms with Gasteiger partial charge in [-0.2, -0.15) is 0 Å². The topological polar surface area (TPSA) is 103 Å². The molecule has 0 fully saturated rings. The molecule has 0 unspecified atom stereocenters. The number of hydrogen-bond donors (Lipinski definition) is 1. The van der Waals surface area contributed by atoms with Crippen LogP contribution in [-0.2, 0) is 0 Å². The Bertz CT molecular complexity index is 809. The molecule has 0 saturated carbocycles. The fourth-order valence-corrected chi connectivity index (χ4v) is 1.81. The molecule has 3 rings (SSSR count). The fraction of sp³-hybridized carbons (Fsp3) is 0. The molecule has 0 aliphatic carbocycles. The van der Waals surface area contributed by atoms with Gasteiger partial charge in [-0.3, -0.25) is 15.1 Å². The van der Waals surface area contributed by atoms with Crippen molar-refractivity contribution in [3.05, 3.63) is 71.3 Å². The summed E-state index contributed by atoms with van der Waals surface area (Å²) in [6.07, 6.45) is 5.81. The zero-order valence-electron chi connectivity index (χ0n) is 11.8. The molecular weight excluding hydrogens is 298 g/mol. The maximum absolute atomic E-state index is 10.6. The highest BCUT2D eigenvalue weighted by Crippen LogP contribution is 2.24. The summed E-state index contributed by atoms with van der Waals surface area (Å²) in [6.45, 7) is 0. The SMILES string of the molecule is O=[N+]([O-])c1ccc(Nc2cccc(Oc3cnccn3)c2)nc1. The zero-order chi connectivity index (χ0) is 16.1. The normalized spacial score (nSPS) is 10.1. The molecule has 2 heterocycles. The lowest BCUT2D eigenvalue weighted by Gasteiger charge is -2.08. The summed E-state index contributed by atoms with van der Waals surface area (Å²) in [5.41, 5.74) is 0.669. The van der Waals surface area contributed by atoms with Crippen molar-refractivity contribution in [2.45, 2.75) is 0 Å². The van der Waals surface area contributed by atoms with Gasteiger partial charge in [-0.05, 0) is 18.2 Å². The van der Waals surface area contributed by atoms with E-state index in [4.69, 9.17) is 4.74 Å². The van der Waals surface area contributed by atoms with Crippen LogP contribution in [0.3, 0.4) is 0 Å². The second kappa shape index (κ2) is 6.48. The number of anilines is 2. The Labute approximate surface area is 131 Å². The van der Waals surface area contributed by atoms with Crippen molar-refractivity contribution in [1.82, 2.24) is 15.0 Å². The number of rotatable bonds is 5. The van der Waals surface area contributed by atoms with E-state index in [0.717, 1.165) is 5.69 Å². The first-order valence-electron chi connectivity index (χ1n) is 6.62. The molecule has 0 radical (unpaired) electrons. The van der Waals surface area contributed by atoms with E-state index in [9.17, 15) is 10.1 Å². The molecule has 23 heavy (non-hydrogen) atoms. The molecule has 1 N–H and O–H groups in total. The Hall–Kier alpha value is -3.55. The van der Waals surface area contributed by atoms with Crippen LogP contribution in [0.25, 0.3) is 0 Å². The third-order valence-electron chi connectivity index (χ3n) is 2.83. The largest absolute Gasteiger partial charge is 0.437 e. The van der Waals surface area contributed by atoms with Crippen molar-refractivity contribution in [1.29, 1.82) is 0 Å². The van der Waals surface area contributed by atoms with E-state index < -0.39 is 4.92 Å². The first-order valence-corrected chi connectivity index (χ1v) is 6.62. The van der Waals surface area contributed by atoms with Crippen molar-refractivity contribution in [2.75, 3.05) is 5.32 Å². The predicted octanol–water partition coefficient (Wildman–Crippen LogP) is 3.32. The highest BCUT2D eigenvalue weighted by atomic mass is 16.6. The Morgan fingerprint density at radius 2 is 2.00 bits per heavy atom. The molecule has 8 nitrogen and oxygen atoms in total. The second-order valence-electron chi connectivity index (χ2n) is 4.46. The number of nitro groups is 1. The highest BCUT2D eigenvalue weighted by molar-refractivity contribution is 5.58. The maximum atomic E-state index is 10.6. The number of ether oxygens (including phenoxy) is 1. The Morgan fingerprint density at radius 3 is 2.70 bits per heavy atom. The molecule has 0 atom stereocenters. The standard InChI is InChI=1S/C15H11N5O3/c21-20(22)12-4-5-14(18-9-12)19-11-2-1-3-13(8-11)23-15-10-16-6-7-17-15/h1-10H,(H,18,19). The molecule has 0 aliphatic rings. The molecule has 0 saturated heterocycles. The predicted molar refractivity (Wildman–Crippen MR) is 82.7 cm³/mol. The number of benzene rings is 1. The van der Waals surface area contributed by atoms with E-state index in [1.54, 1.807) is 24.4 Å². The van der Waals surface area contributed by atoms with Gasteiger partial charge in [-0.1, -0.05) is 6.07 Å². The zero-order valence-corrected chi connectivity index (χ0v) is 11.8. The van der Waals surface area contributed by atoms with Crippen LogP contribution in [0.5, 0.6) is 11.6 Å². The number of aromatic nitrogens is 3. The van der Waals surface area contributed by atoms with E-state index in [-0.39, 0.29) is 5.69 Å². The third-order valence-corrected chi connectivity index (χ3v) is 2.83. The first-order chi connectivity index (χ1) is 11.2. The van der Waals surface area contributed by atoms with Crippen molar-refractivity contribution in [2.24, 2.45) is 0 Å². The molecule has 0 spiro atoms. The van der Waals surface area contributed by atoms with Gasteiger partial charge in [0.05, 0.1) is 11.1 Å².